The quantitative estimate of drug-likeness (QED) is 0.281. The van der Waals surface area contributed by atoms with Crippen LogP contribution >= 0.6 is 0 Å². The Morgan fingerprint density at radius 2 is 0.581 bits per heavy atom. The molecule has 0 saturated heterocycles. The Morgan fingerprint density at radius 3 is 0.774 bits per heavy atom. The van der Waals surface area contributed by atoms with Crippen LogP contribution in [0.4, 0.5) is 0 Å². The van der Waals surface area contributed by atoms with Crippen molar-refractivity contribution in [2.75, 3.05) is 0 Å². The van der Waals surface area contributed by atoms with E-state index in [-0.39, 0.29) is 0 Å². The number of rotatable bonds is 6. The predicted molar refractivity (Wildman–Crippen MR) is 130 cm³/mol. The molecule has 0 unspecified atom stereocenters. The fraction of sp³-hybridized carbons (Fsp3) is 0.333. The molecule has 0 amide bonds. The molecule has 0 bridgehead atoms. The molecule has 3 aromatic rings. The van der Waals surface area contributed by atoms with Crippen LogP contribution in [0.5, 0.6) is 17.2 Å². The molecule has 31 heavy (non-hydrogen) atoms. The van der Waals surface area contributed by atoms with Gasteiger partial charge in [0.1, 0.15) is 0 Å². The van der Waals surface area contributed by atoms with Crippen LogP contribution in [0.15, 0.2) is 36.4 Å². The van der Waals surface area contributed by atoms with E-state index in [4.69, 9.17) is 8.44 Å². The molecule has 0 aliphatic rings. The molecule has 3 rings (SSSR count). The second kappa shape index (κ2) is 9.61. The fourth-order valence-corrected chi connectivity index (χ4v) is 7.13. The van der Waals surface area contributed by atoms with E-state index in [0.29, 0.717) is 0 Å². The van der Waals surface area contributed by atoms with E-state index in [2.05, 4.69) is 98.7 Å². The summed E-state index contributed by atoms with van der Waals surface area (Å²) in [5.41, 5.74) is 11.1. The zero-order chi connectivity index (χ0) is 22.9. The second-order valence-corrected chi connectivity index (χ2v) is 12.4. The van der Waals surface area contributed by atoms with Gasteiger partial charge >= 0.3 is 198 Å². The summed E-state index contributed by atoms with van der Waals surface area (Å²) in [7, 11) is 0. The number of aryl methyl sites for hydroxylation is 6. The second-order valence-electron chi connectivity index (χ2n) is 8.54. The molecule has 3 aromatic carbocycles. The van der Waals surface area contributed by atoms with Gasteiger partial charge in [-0.25, -0.2) is 0 Å². The minimum atomic E-state index is -3.36. The van der Waals surface area contributed by atoms with E-state index < -0.39 is 23.1 Å². The summed E-state index contributed by atoms with van der Waals surface area (Å²) < 4.78 is 19.3. The topological polar surface area (TPSA) is 27.7 Å². The molecule has 0 spiro atoms. The van der Waals surface area contributed by atoms with Crippen molar-refractivity contribution in [3.63, 3.8) is 0 Å². The average molecular weight is 615 g/mol. The summed E-state index contributed by atoms with van der Waals surface area (Å²) in [6, 6.07) is 12.5. The van der Waals surface area contributed by atoms with Gasteiger partial charge in [0.25, 0.3) is 0 Å². The van der Waals surface area contributed by atoms with Crippen LogP contribution in [-0.2, 0) is 0 Å². The van der Waals surface area contributed by atoms with Crippen molar-refractivity contribution in [2.24, 2.45) is 0 Å². The zero-order valence-corrected chi connectivity index (χ0v) is 23.6. The molecule has 0 atom stereocenters. The van der Waals surface area contributed by atoms with Gasteiger partial charge in [0.05, 0.1) is 0 Å². The normalized spacial score (nSPS) is 11.0. The Hall–Kier alpha value is -2.06. The Labute approximate surface area is 196 Å². The Morgan fingerprint density at radius 1 is 0.387 bits per heavy atom. The summed E-state index contributed by atoms with van der Waals surface area (Å²) in [6.07, 6.45) is 0. The first kappa shape index (κ1) is 23.6. The molecule has 0 aliphatic carbocycles. The first-order valence-electron chi connectivity index (χ1n) is 10.6. The van der Waals surface area contributed by atoms with E-state index in [1.807, 2.05) is 0 Å². The molecule has 0 fully saturated rings. The van der Waals surface area contributed by atoms with Gasteiger partial charge in [-0.2, -0.15) is 0 Å². The minimum absolute atomic E-state index is 0.819. The Kier molecular flexibility index (Phi) is 7.32. The fourth-order valence-electron chi connectivity index (χ4n) is 3.46. The van der Waals surface area contributed by atoms with Crippen LogP contribution in [0.1, 0.15) is 50.1 Å². The van der Waals surface area contributed by atoms with E-state index in [9.17, 15) is 0 Å². The van der Waals surface area contributed by atoms with Gasteiger partial charge in [-0.05, 0) is 0 Å². The molecule has 164 valence electrons. The molecule has 0 aliphatic heterocycles. The van der Waals surface area contributed by atoms with E-state index in [1.165, 1.54) is 50.1 Å². The SMILES string of the molecule is Cc1cc([O][Bi]([O]c2cc(C)c(C)c(C)c2)[O]c2cc(C)c(C)c(C)c2)cc(C)c1C. The number of hydrogen-bond acceptors (Lipinski definition) is 3. The van der Waals surface area contributed by atoms with Gasteiger partial charge in [-0.3, -0.25) is 0 Å². The summed E-state index contributed by atoms with van der Waals surface area (Å²) in [6.45, 7) is 19.1. The van der Waals surface area contributed by atoms with Crippen LogP contribution in [0, 0.1) is 62.3 Å². The van der Waals surface area contributed by atoms with Crippen molar-refractivity contribution in [2.45, 2.75) is 62.3 Å². The maximum atomic E-state index is 6.42. The molecule has 0 N–H and O–H groups in total. The van der Waals surface area contributed by atoms with Gasteiger partial charge in [0, 0.05) is 0 Å². The van der Waals surface area contributed by atoms with Crippen LogP contribution in [0.25, 0.3) is 0 Å². The number of hydrogen-bond donors (Lipinski definition) is 0. The van der Waals surface area contributed by atoms with Gasteiger partial charge in [0.2, 0.25) is 0 Å². The third kappa shape index (κ3) is 5.60. The van der Waals surface area contributed by atoms with Gasteiger partial charge in [-0.15, -0.1) is 0 Å². The summed E-state index contributed by atoms with van der Waals surface area (Å²) in [5.74, 6) is 2.46. The first-order chi connectivity index (χ1) is 14.5. The zero-order valence-electron chi connectivity index (χ0n) is 20.1. The Balaban J connectivity index is 1.95. The van der Waals surface area contributed by atoms with Crippen LogP contribution in [0.3, 0.4) is 0 Å². The molecule has 4 heteroatoms. The summed E-state index contributed by atoms with van der Waals surface area (Å²) in [5, 5.41) is 0. The summed E-state index contributed by atoms with van der Waals surface area (Å²) >= 11 is -3.36. The van der Waals surface area contributed by atoms with Crippen molar-refractivity contribution >= 4 is 23.1 Å². The van der Waals surface area contributed by atoms with Crippen LogP contribution < -0.4 is 8.44 Å². The average Bonchev–Trinajstić information content (AvgIpc) is 2.68. The molecule has 0 heterocycles. The van der Waals surface area contributed by atoms with E-state index in [0.717, 1.165) is 17.2 Å². The standard InChI is InChI=1S/3C9H12O.Bi/c3*1-6-4-9(10)5-7(2)8(6)3;/h3*4-5,10H,1-3H3;/q;;;+3/p-3. The van der Waals surface area contributed by atoms with Crippen LogP contribution in [0.2, 0.25) is 0 Å². The third-order valence-electron chi connectivity index (χ3n) is 6.24. The third-order valence-corrected chi connectivity index (χ3v) is 10.4. The van der Waals surface area contributed by atoms with E-state index in [1.54, 1.807) is 0 Å². The van der Waals surface area contributed by atoms with Crippen molar-refractivity contribution < 1.29 is 8.44 Å². The molecular weight excluding hydrogens is 581 g/mol. The van der Waals surface area contributed by atoms with Crippen molar-refractivity contribution in [3.05, 3.63) is 86.5 Å². The first-order valence-corrected chi connectivity index (χ1v) is 14.9. The molecular formula is C27H33BiO3. The van der Waals surface area contributed by atoms with Crippen molar-refractivity contribution in [3.8, 4) is 17.2 Å². The maximum absolute atomic E-state index is 6.42. The van der Waals surface area contributed by atoms with Gasteiger partial charge in [-0.1, -0.05) is 0 Å². The molecule has 0 radical (unpaired) electrons. The van der Waals surface area contributed by atoms with Crippen LogP contribution in [-0.4, -0.2) is 23.1 Å². The van der Waals surface area contributed by atoms with Gasteiger partial charge in [0.15, 0.2) is 0 Å². The van der Waals surface area contributed by atoms with E-state index >= 15 is 0 Å². The number of benzene rings is 3. The van der Waals surface area contributed by atoms with Crippen molar-refractivity contribution in [1.29, 1.82) is 0 Å². The monoisotopic (exact) mass is 614 g/mol. The molecule has 3 nitrogen and oxygen atoms in total. The summed E-state index contributed by atoms with van der Waals surface area (Å²) in [4.78, 5) is 0. The Bertz CT molecular complexity index is 907. The van der Waals surface area contributed by atoms with Crippen molar-refractivity contribution in [1.82, 2.24) is 0 Å². The predicted octanol–water partition coefficient (Wildman–Crippen LogP) is 6.98. The molecule has 0 saturated carbocycles. The van der Waals surface area contributed by atoms with Gasteiger partial charge < -0.3 is 0 Å². The molecule has 0 aromatic heterocycles.